The van der Waals surface area contributed by atoms with E-state index in [-0.39, 0.29) is 31.1 Å². The Balaban J connectivity index is 1.39. The van der Waals surface area contributed by atoms with Gasteiger partial charge in [0.05, 0.1) is 6.42 Å². The van der Waals surface area contributed by atoms with E-state index in [0.717, 1.165) is 9.79 Å². The largest absolute Gasteiger partial charge is 0.457 e. The molecule has 0 aliphatic carbocycles. The minimum absolute atomic E-state index is 0.0464. The highest BCUT2D eigenvalue weighted by molar-refractivity contribution is 7.99. The molecule has 1 amide bonds. The fourth-order valence-corrected chi connectivity index (χ4v) is 3.69. The molecule has 0 heterocycles. The van der Waals surface area contributed by atoms with E-state index in [1.165, 1.54) is 0 Å². The topological polar surface area (TPSA) is 72.5 Å². The van der Waals surface area contributed by atoms with Crippen molar-refractivity contribution in [2.45, 2.75) is 22.6 Å². The van der Waals surface area contributed by atoms with Crippen molar-refractivity contribution in [3.63, 3.8) is 0 Å². The van der Waals surface area contributed by atoms with Gasteiger partial charge in [0.25, 0.3) is 0 Å². The normalized spacial score (nSPS) is 10.4. The highest BCUT2D eigenvalue weighted by atomic mass is 35.5. The first-order valence-electron chi connectivity index (χ1n) is 9.67. The number of halogens is 2. The van der Waals surface area contributed by atoms with Crippen LogP contribution in [-0.2, 0) is 14.3 Å². The summed E-state index contributed by atoms with van der Waals surface area (Å²) in [5, 5.41) is 3.94. The number of rotatable bonds is 9. The van der Waals surface area contributed by atoms with Gasteiger partial charge >= 0.3 is 5.97 Å². The van der Waals surface area contributed by atoms with Gasteiger partial charge in [0.2, 0.25) is 5.91 Å². The van der Waals surface area contributed by atoms with Crippen molar-refractivity contribution < 1.29 is 19.1 Å². The van der Waals surface area contributed by atoms with Crippen molar-refractivity contribution in [3.05, 3.63) is 88.4 Å². The third kappa shape index (κ3) is 7.71. The first-order valence-corrected chi connectivity index (χ1v) is 11.2. The maximum absolute atomic E-state index is 12.1. The highest BCUT2D eigenvalue weighted by Crippen LogP contribution is 2.29. The van der Waals surface area contributed by atoms with Crippen molar-refractivity contribution in [2.75, 3.05) is 11.9 Å². The van der Waals surface area contributed by atoms with Gasteiger partial charge in [0.1, 0.15) is 0 Å². The zero-order valence-electron chi connectivity index (χ0n) is 16.8. The van der Waals surface area contributed by atoms with E-state index < -0.39 is 5.97 Å². The summed E-state index contributed by atoms with van der Waals surface area (Å²) in [6.07, 6.45) is -0.167. The van der Waals surface area contributed by atoms with Gasteiger partial charge in [-0.2, -0.15) is 0 Å². The first kappa shape index (κ1) is 23.9. The van der Waals surface area contributed by atoms with E-state index in [1.807, 2.05) is 36.4 Å². The van der Waals surface area contributed by atoms with Gasteiger partial charge in [0.15, 0.2) is 12.4 Å². The summed E-state index contributed by atoms with van der Waals surface area (Å²) in [6.45, 7) is -0.380. The van der Waals surface area contributed by atoms with Gasteiger partial charge in [-0.1, -0.05) is 35.0 Å². The van der Waals surface area contributed by atoms with Crippen LogP contribution in [0.3, 0.4) is 0 Å². The average Bonchev–Trinajstić information content (AvgIpc) is 2.79. The Morgan fingerprint density at radius 1 is 0.750 bits per heavy atom. The quantitative estimate of drug-likeness (QED) is 0.283. The zero-order valence-corrected chi connectivity index (χ0v) is 19.2. The molecule has 0 atom stereocenters. The van der Waals surface area contributed by atoms with Crippen LogP contribution in [0.2, 0.25) is 10.0 Å². The lowest BCUT2D eigenvalue weighted by Crippen LogP contribution is -2.17. The molecule has 0 saturated heterocycles. The van der Waals surface area contributed by atoms with Gasteiger partial charge < -0.3 is 10.1 Å². The molecule has 0 saturated carbocycles. The Morgan fingerprint density at radius 3 is 1.88 bits per heavy atom. The molecule has 5 nitrogen and oxygen atoms in total. The van der Waals surface area contributed by atoms with Crippen LogP contribution in [0, 0.1) is 0 Å². The summed E-state index contributed by atoms with van der Waals surface area (Å²) in [4.78, 5) is 38.0. The van der Waals surface area contributed by atoms with Crippen molar-refractivity contribution >= 4 is 58.3 Å². The maximum atomic E-state index is 12.1. The summed E-state index contributed by atoms with van der Waals surface area (Å²) >= 11 is 13.2. The molecule has 0 radical (unpaired) electrons. The van der Waals surface area contributed by atoms with Crippen LogP contribution < -0.4 is 5.32 Å². The Kier molecular flexibility index (Phi) is 8.73. The van der Waals surface area contributed by atoms with Crippen LogP contribution in [-0.4, -0.2) is 24.3 Å². The SMILES string of the molecule is O=C(CCC(=O)OCC(=O)c1ccc(Cl)cc1)Nc1ccc(Sc2ccc(Cl)cc2)cc1. The number of anilines is 1. The summed E-state index contributed by atoms with van der Waals surface area (Å²) in [5.41, 5.74) is 1.03. The van der Waals surface area contributed by atoms with Gasteiger partial charge in [0, 0.05) is 37.5 Å². The molecule has 32 heavy (non-hydrogen) atoms. The average molecular weight is 488 g/mol. The smallest absolute Gasteiger partial charge is 0.306 e. The number of esters is 1. The molecule has 0 aliphatic rings. The van der Waals surface area contributed by atoms with Crippen molar-refractivity contribution in [1.29, 1.82) is 0 Å². The number of Topliss-reactive ketones (excluding diaryl/α,β-unsaturated/α-hetero) is 1. The second-order valence-electron chi connectivity index (χ2n) is 6.72. The van der Waals surface area contributed by atoms with Crippen LogP contribution in [0.15, 0.2) is 82.6 Å². The summed E-state index contributed by atoms with van der Waals surface area (Å²) in [6, 6.07) is 21.2. The molecule has 0 fully saturated rings. The number of ketones is 1. The number of hydrogen-bond donors (Lipinski definition) is 1. The molecule has 3 aromatic rings. The van der Waals surface area contributed by atoms with Crippen LogP contribution in [0.4, 0.5) is 5.69 Å². The number of hydrogen-bond acceptors (Lipinski definition) is 5. The lowest BCUT2D eigenvalue weighted by molar-refractivity contribution is -0.143. The summed E-state index contributed by atoms with van der Waals surface area (Å²) in [5.74, 6) is -1.27. The molecular formula is C24H19Cl2NO4S. The molecule has 0 unspecified atom stereocenters. The number of nitrogens with one attached hydrogen (secondary N) is 1. The fourth-order valence-electron chi connectivity index (χ4n) is 2.62. The van der Waals surface area contributed by atoms with Crippen LogP contribution >= 0.6 is 35.0 Å². The summed E-state index contributed by atoms with van der Waals surface area (Å²) < 4.78 is 4.96. The zero-order chi connectivity index (χ0) is 22.9. The van der Waals surface area contributed by atoms with E-state index in [1.54, 1.807) is 48.2 Å². The van der Waals surface area contributed by atoms with E-state index in [0.29, 0.717) is 21.3 Å². The van der Waals surface area contributed by atoms with E-state index in [2.05, 4.69) is 5.32 Å². The van der Waals surface area contributed by atoms with Crippen LogP contribution in [0.5, 0.6) is 0 Å². The van der Waals surface area contributed by atoms with Crippen LogP contribution in [0.1, 0.15) is 23.2 Å². The number of amides is 1. The highest BCUT2D eigenvalue weighted by Gasteiger charge is 2.12. The third-order valence-corrected chi connectivity index (χ3v) is 5.79. The van der Waals surface area contributed by atoms with Gasteiger partial charge in [-0.15, -0.1) is 0 Å². The standard InChI is InChI=1S/C24H19Cl2NO4S/c25-17-3-1-16(2-4-17)22(28)15-31-24(30)14-13-23(29)27-19-7-11-21(12-8-19)32-20-9-5-18(26)6-10-20/h1-12H,13-15H2,(H,27,29). The molecule has 3 rings (SSSR count). The second kappa shape index (κ2) is 11.7. The van der Waals surface area contributed by atoms with Crippen molar-refractivity contribution in [1.82, 2.24) is 0 Å². The molecule has 0 aromatic heterocycles. The minimum atomic E-state index is -0.614. The molecule has 3 aromatic carbocycles. The molecule has 164 valence electrons. The monoisotopic (exact) mass is 487 g/mol. The van der Waals surface area contributed by atoms with Gasteiger partial charge in [-0.3, -0.25) is 14.4 Å². The maximum Gasteiger partial charge on any atom is 0.306 e. The number of ether oxygens (including phenoxy) is 1. The molecule has 0 aliphatic heterocycles. The predicted octanol–water partition coefficient (Wildman–Crippen LogP) is 6.29. The molecule has 0 bridgehead atoms. The summed E-state index contributed by atoms with van der Waals surface area (Å²) in [7, 11) is 0. The Hall–Kier alpha value is -2.80. The minimum Gasteiger partial charge on any atom is -0.457 e. The predicted molar refractivity (Wildman–Crippen MR) is 127 cm³/mol. The van der Waals surface area contributed by atoms with E-state index in [9.17, 15) is 14.4 Å². The lowest BCUT2D eigenvalue weighted by atomic mass is 10.1. The number of carbonyl (C=O) groups is 3. The van der Waals surface area contributed by atoms with Gasteiger partial charge in [-0.25, -0.2) is 0 Å². The number of benzene rings is 3. The van der Waals surface area contributed by atoms with Crippen molar-refractivity contribution in [2.24, 2.45) is 0 Å². The lowest BCUT2D eigenvalue weighted by Gasteiger charge is -2.07. The molecular weight excluding hydrogens is 469 g/mol. The number of carbonyl (C=O) groups excluding carboxylic acids is 3. The van der Waals surface area contributed by atoms with Crippen LogP contribution in [0.25, 0.3) is 0 Å². The van der Waals surface area contributed by atoms with E-state index >= 15 is 0 Å². The molecule has 0 spiro atoms. The fraction of sp³-hybridized carbons (Fsp3) is 0.125. The second-order valence-corrected chi connectivity index (χ2v) is 8.74. The Morgan fingerprint density at radius 2 is 1.28 bits per heavy atom. The van der Waals surface area contributed by atoms with E-state index in [4.69, 9.17) is 27.9 Å². The Labute approximate surface area is 200 Å². The third-order valence-electron chi connectivity index (χ3n) is 4.27. The van der Waals surface area contributed by atoms with Gasteiger partial charge in [-0.05, 0) is 72.8 Å². The first-order chi connectivity index (χ1) is 15.4. The molecule has 1 N–H and O–H groups in total. The molecule has 8 heteroatoms. The Bertz CT molecular complexity index is 1080. The van der Waals surface area contributed by atoms with Crippen molar-refractivity contribution in [3.8, 4) is 0 Å².